The first-order valence-electron chi connectivity index (χ1n) is 11.1. The number of ether oxygens (including phenoxy) is 1. The van der Waals surface area contributed by atoms with Gasteiger partial charge < -0.3 is 10.1 Å². The number of methoxy groups -OCH3 is 1. The van der Waals surface area contributed by atoms with Crippen LogP contribution in [0.1, 0.15) is 55.9 Å². The summed E-state index contributed by atoms with van der Waals surface area (Å²) in [7, 11) is 1.23. The predicted octanol–water partition coefficient (Wildman–Crippen LogP) is 6.08. The highest BCUT2D eigenvalue weighted by Crippen LogP contribution is 2.33. The molecule has 36 heavy (non-hydrogen) atoms. The number of esters is 1. The van der Waals surface area contributed by atoms with Crippen molar-refractivity contribution < 1.29 is 27.5 Å². The molecule has 0 spiro atoms. The van der Waals surface area contributed by atoms with Crippen LogP contribution in [0.2, 0.25) is 0 Å². The van der Waals surface area contributed by atoms with E-state index in [0.29, 0.717) is 16.5 Å². The Bertz CT molecular complexity index is 1470. The highest BCUT2D eigenvalue weighted by molar-refractivity contribution is 7.16. The number of alkyl halides is 3. The SMILES string of the molecule is CCCc1cc(C(=O)OC)c(NC(=O)c2cc3nc(-c4ccc(C)c(C)c4)cc(C(F)(F)F)n3n2)s1. The standard InChI is InChI=1S/C25H23F3N4O3S/c1-5-6-16-10-17(24(34)35-4)23(36-16)30-22(33)19-12-21-29-18(15-8-7-13(2)14(3)9-15)11-20(25(26,27)28)32(21)31-19/h7-12H,5-6H2,1-4H3,(H,30,33). The molecule has 0 unspecified atom stereocenters. The van der Waals surface area contributed by atoms with Gasteiger partial charge in [0.05, 0.1) is 18.4 Å². The molecule has 188 valence electrons. The average Bonchev–Trinajstić information content (AvgIpc) is 3.43. The van der Waals surface area contributed by atoms with E-state index in [0.717, 1.165) is 28.5 Å². The van der Waals surface area contributed by atoms with E-state index in [1.807, 2.05) is 26.8 Å². The number of hydrogen-bond donors (Lipinski definition) is 1. The number of halogens is 3. The van der Waals surface area contributed by atoms with Gasteiger partial charge in [-0.2, -0.15) is 18.3 Å². The number of hydrogen-bond acceptors (Lipinski definition) is 6. The smallest absolute Gasteiger partial charge is 0.433 e. The first-order chi connectivity index (χ1) is 17.0. The number of anilines is 1. The predicted molar refractivity (Wildman–Crippen MR) is 131 cm³/mol. The third kappa shape index (κ3) is 4.97. The van der Waals surface area contributed by atoms with Gasteiger partial charge in [0.2, 0.25) is 0 Å². The number of nitrogens with one attached hydrogen (secondary N) is 1. The van der Waals surface area contributed by atoms with E-state index < -0.39 is 23.7 Å². The van der Waals surface area contributed by atoms with Gasteiger partial charge in [-0.05, 0) is 49.6 Å². The molecule has 1 amide bonds. The Balaban J connectivity index is 1.76. The van der Waals surface area contributed by atoms with Crippen LogP contribution in [0.25, 0.3) is 16.9 Å². The summed E-state index contributed by atoms with van der Waals surface area (Å²) >= 11 is 1.20. The number of fused-ring (bicyclic) bond motifs is 1. The average molecular weight is 517 g/mol. The molecule has 11 heteroatoms. The second kappa shape index (κ2) is 9.73. The molecule has 0 bridgehead atoms. The number of carbonyl (C=O) groups excluding carboxylic acids is 2. The highest BCUT2D eigenvalue weighted by atomic mass is 32.1. The van der Waals surface area contributed by atoms with Crippen molar-refractivity contribution in [3.63, 3.8) is 0 Å². The van der Waals surface area contributed by atoms with Gasteiger partial charge in [-0.1, -0.05) is 25.5 Å². The molecule has 3 aromatic heterocycles. The van der Waals surface area contributed by atoms with Crippen LogP contribution in [0, 0.1) is 13.8 Å². The lowest BCUT2D eigenvalue weighted by molar-refractivity contribution is -0.142. The fourth-order valence-corrected chi connectivity index (χ4v) is 4.81. The maximum atomic E-state index is 13.9. The molecule has 0 atom stereocenters. The van der Waals surface area contributed by atoms with Crippen molar-refractivity contribution in [2.75, 3.05) is 12.4 Å². The molecule has 0 saturated carbocycles. The fourth-order valence-electron chi connectivity index (χ4n) is 3.67. The van der Waals surface area contributed by atoms with E-state index in [1.165, 1.54) is 24.5 Å². The van der Waals surface area contributed by atoms with Crippen molar-refractivity contribution in [2.45, 2.75) is 39.8 Å². The van der Waals surface area contributed by atoms with E-state index in [9.17, 15) is 22.8 Å². The summed E-state index contributed by atoms with van der Waals surface area (Å²) in [5.41, 5.74) is 1.26. The van der Waals surface area contributed by atoms with Crippen LogP contribution in [0.15, 0.2) is 36.4 Å². The zero-order valence-corrected chi connectivity index (χ0v) is 20.8. The number of rotatable bonds is 6. The van der Waals surface area contributed by atoms with Gasteiger partial charge in [-0.15, -0.1) is 11.3 Å². The topological polar surface area (TPSA) is 85.6 Å². The summed E-state index contributed by atoms with van der Waals surface area (Å²) < 4.78 is 47.2. The lowest BCUT2D eigenvalue weighted by atomic mass is 10.0. The number of aryl methyl sites for hydroxylation is 3. The summed E-state index contributed by atoms with van der Waals surface area (Å²) in [6.07, 6.45) is -3.22. The largest absolute Gasteiger partial charge is 0.465 e. The Hall–Kier alpha value is -3.73. The number of thiophene rings is 1. The second-order valence-corrected chi connectivity index (χ2v) is 9.41. The number of aromatic nitrogens is 3. The molecular weight excluding hydrogens is 493 g/mol. The highest BCUT2D eigenvalue weighted by Gasteiger charge is 2.36. The van der Waals surface area contributed by atoms with Crippen molar-refractivity contribution in [3.8, 4) is 11.3 Å². The second-order valence-electron chi connectivity index (χ2n) is 8.27. The van der Waals surface area contributed by atoms with E-state index >= 15 is 0 Å². The number of benzene rings is 1. The minimum Gasteiger partial charge on any atom is -0.465 e. The monoisotopic (exact) mass is 516 g/mol. The van der Waals surface area contributed by atoms with Crippen molar-refractivity contribution in [2.24, 2.45) is 0 Å². The van der Waals surface area contributed by atoms with Crippen molar-refractivity contribution in [1.29, 1.82) is 0 Å². The molecule has 3 heterocycles. The molecule has 0 fully saturated rings. The van der Waals surface area contributed by atoms with Gasteiger partial charge in [-0.25, -0.2) is 14.3 Å². The summed E-state index contributed by atoms with van der Waals surface area (Å²) in [6, 6.07) is 9.01. The third-order valence-electron chi connectivity index (χ3n) is 5.66. The Morgan fingerprint density at radius 1 is 1.11 bits per heavy atom. The van der Waals surface area contributed by atoms with Crippen LogP contribution in [-0.2, 0) is 17.3 Å². The molecule has 1 aromatic carbocycles. The van der Waals surface area contributed by atoms with Crippen molar-refractivity contribution >= 4 is 33.9 Å². The maximum absolute atomic E-state index is 13.9. The minimum absolute atomic E-state index is 0.111. The normalized spacial score (nSPS) is 11.6. The zero-order valence-electron chi connectivity index (χ0n) is 20.0. The molecule has 4 rings (SSSR count). The summed E-state index contributed by atoms with van der Waals surface area (Å²) in [5, 5.41) is 6.73. The van der Waals surface area contributed by atoms with Crippen LogP contribution in [0.5, 0.6) is 0 Å². The molecule has 4 aromatic rings. The summed E-state index contributed by atoms with van der Waals surface area (Å²) in [5.74, 6) is -1.39. The quantitative estimate of drug-likeness (QED) is 0.314. The van der Waals surface area contributed by atoms with Crippen LogP contribution >= 0.6 is 11.3 Å². The van der Waals surface area contributed by atoms with Gasteiger partial charge in [0, 0.05) is 16.5 Å². The molecule has 0 aliphatic rings. The van der Waals surface area contributed by atoms with E-state index in [2.05, 4.69) is 15.4 Å². The van der Waals surface area contributed by atoms with Crippen molar-refractivity contribution in [3.05, 3.63) is 69.4 Å². The number of carbonyl (C=O) groups is 2. The molecule has 0 aliphatic carbocycles. The molecule has 0 saturated heterocycles. The number of amides is 1. The van der Waals surface area contributed by atoms with Gasteiger partial charge in [-0.3, -0.25) is 4.79 Å². The van der Waals surface area contributed by atoms with Gasteiger partial charge in [0.25, 0.3) is 5.91 Å². The van der Waals surface area contributed by atoms with Crippen LogP contribution in [0.4, 0.5) is 18.2 Å². The number of nitrogens with zero attached hydrogens (tertiary/aromatic N) is 3. The Labute approximate surface area is 208 Å². The summed E-state index contributed by atoms with van der Waals surface area (Å²) in [4.78, 5) is 30.3. The van der Waals surface area contributed by atoms with Crippen LogP contribution in [0.3, 0.4) is 0 Å². The van der Waals surface area contributed by atoms with Gasteiger partial charge in [0.15, 0.2) is 17.0 Å². The Kier molecular flexibility index (Phi) is 6.85. The third-order valence-corrected chi connectivity index (χ3v) is 6.78. The van der Waals surface area contributed by atoms with Crippen LogP contribution < -0.4 is 5.32 Å². The molecule has 1 N–H and O–H groups in total. The molecule has 7 nitrogen and oxygen atoms in total. The molecular formula is C25H23F3N4O3S. The van der Waals surface area contributed by atoms with Crippen molar-refractivity contribution in [1.82, 2.24) is 14.6 Å². The lowest BCUT2D eigenvalue weighted by Crippen LogP contribution is -2.16. The van der Waals surface area contributed by atoms with E-state index in [-0.39, 0.29) is 27.6 Å². The van der Waals surface area contributed by atoms with E-state index in [1.54, 1.807) is 18.2 Å². The van der Waals surface area contributed by atoms with Crippen LogP contribution in [-0.4, -0.2) is 33.6 Å². The maximum Gasteiger partial charge on any atom is 0.433 e. The summed E-state index contributed by atoms with van der Waals surface area (Å²) in [6.45, 7) is 5.75. The molecule has 0 aliphatic heterocycles. The Morgan fingerprint density at radius 2 is 1.86 bits per heavy atom. The first kappa shape index (κ1) is 25.4. The first-order valence-corrected chi connectivity index (χ1v) is 11.9. The Morgan fingerprint density at radius 3 is 2.50 bits per heavy atom. The minimum atomic E-state index is -4.74. The van der Waals surface area contributed by atoms with Gasteiger partial charge in [0.1, 0.15) is 5.00 Å². The molecule has 0 radical (unpaired) electrons. The fraction of sp³-hybridized carbons (Fsp3) is 0.280. The van der Waals surface area contributed by atoms with Gasteiger partial charge >= 0.3 is 12.1 Å². The lowest BCUT2D eigenvalue weighted by Gasteiger charge is -2.11. The van der Waals surface area contributed by atoms with E-state index in [4.69, 9.17) is 4.74 Å². The zero-order chi connectivity index (χ0) is 26.2.